The molecule has 8 heteroatoms. The Kier molecular flexibility index (Phi) is 5.22. The van der Waals surface area contributed by atoms with E-state index >= 15 is 0 Å². The predicted octanol–water partition coefficient (Wildman–Crippen LogP) is 0.763. The Morgan fingerprint density at radius 3 is 2.57 bits per heavy atom. The van der Waals surface area contributed by atoms with Crippen molar-refractivity contribution in [1.29, 1.82) is 0 Å². The van der Waals surface area contributed by atoms with Gasteiger partial charge < -0.3 is 34.1 Å². The zero-order valence-corrected chi connectivity index (χ0v) is 14.5. The van der Waals surface area contributed by atoms with E-state index in [0.29, 0.717) is 0 Å². The molecule has 0 radical (unpaired) electrons. The summed E-state index contributed by atoms with van der Waals surface area (Å²) < 4.78 is 27.5. The van der Waals surface area contributed by atoms with Crippen LogP contribution in [0.2, 0.25) is 0 Å². The SMILES string of the molecule is CO[C@@H]1O[C@@H]2COC(C)(C)O[C@H]2[C@@H](O)[C@H]1NC(=O)OC(C)(C)C. The summed E-state index contributed by atoms with van der Waals surface area (Å²) in [6.45, 7) is 9.06. The van der Waals surface area contributed by atoms with Crippen molar-refractivity contribution in [3.63, 3.8) is 0 Å². The van der Waals surface area contributed by atoms with E-state index in [0.717, 1.165) is 0 Å². The van der Waals surface area contributed by atoms with E-state index in [1.54, 1.807) is 34.6 Å². The van der Waals surface area contributed by atoms with Crippen LogP contribution in [0.5, 0.6) is 0 Å². The number of hydrogen-bond acceptors (Lipinski definition) is 7. The first-order valence-electron chi connectivity index (χ1n) is 7.70. The highest BCUT2D eigenvalue weighted by molar-refractivity contribution is 5.68. The second kappa shape index (κ2) is 6.52. The summed E-state index contributed by atoms with van der Waals surface area (Å²) in [6, 6.07) is -0.815. The molecule has 2 rings (SSSR count). The summed E-state index contributed by atoms with van der Waals surface area (Å²) in [5.74, 6) is -0.831. The second-order valence-electron chi connectivity index (χ2n) is 7.23. The van der Waals surface area contributed by atoms with Crippen LogP contribution in [0, 0.1) is 0 Å². The zero-order chi connectivity index (χ0) is 17.4. The van der Waals surface area contributed by atoms with Gasteiger partial charge in [-0.05, 0) is 34.6 Å². The molecule has 2 heterocycles. The van der Waals surface area contributed by atoms with Crippen molar-refractivity contribution < 1.29 is 33.6 Å². The lowest BCUT2D eigenvalue weighted by atomic mass is 9.95. The van der Waals surface area contributed by atoms with Crippen LogP contribution in [0.15, 0.2) is 0 Å². The van der Waals surface area contributed by atoms with Crippen LogP contribution in [0.25, 0.3) is 0 Å². The molecular formula is C15H27NO7. The molecule has 2 aliphatic rings. The highest BCUT2D eigenvalue weighted by Crippen LogP contribution is 2.32. The van der Waals surface area contributed by atoms with Gasteiger partial charge in [0.05, 0.1) is 6.61 Å². The Morgan fingerprint density at radius 2 is 2.00 bits per heavy atom. The van der Waals surface area contributed by atoms with Gasteiger partial charge in [0.15, 0.2) is 12.1 Å². The summed E-state index contributed by atoms with van der Waals surface area (Å²) in [5, 5.41) is 13.2. The first-order valence-corrected chi connectivity index (χ1v) is 7.70. The topological polar surface area (TPSA) is 95.5 Å². The number of ether oxygens (including phenoxy) is 5. The van der Waals surface area contributed by atoms with E-state index in [1.807, 2.05) is 0 Å². The third-order valence-corrected chi connectivity index (χ3v) is 3.60. The monoisotopic (exact) mass is 333 g/mol. The number of nitrogens with one attached hydrogen (secondary N) is 1. The third-order valence-electron chi connectivity index (χ3n) is 3.60. The maximum atomic E-state index is 12.0. The molecule has 0 aromatic heterocycles. The summed E-state index contributed by atoms with van der Waals surface area (Å²) >= 11 is 0. The number of carbonyl (C=O) groups is 1. The Balaban J connectivity index is 2.09. The smallest absolute Gasteiger partial charge is 0.408 e. The van der Waals surface area contributed by atoms with Gasteiger partial charge in [-0.3, -0.25) is 0 Å². The summed E-state index contributed by atoms with van der Waals surface area (Å²) in [6.07, 6.45) is -3.61. The lowest BCUT2D eigenvalue weighted by Gasteiger charge is -2.49. The van der Waals surface area contributed by atoms with Crippen LogP contribution in [0.3, 0.4) is 0 Å². The van der Waals surface area contributed by atoms with Crippen LogP contribution in [0.4, 0.5) is 4.79 Å². The van der Waals surface area contributed by atoms with Crippen LogP contribution >= 0.6 is 0 Å². The molecule has 5 atom stereocenters. The molecule has 0 bridgehead atoms. The van der Waals surface area contributed by atoms with Crippen LogP contribution < -0.4 is 5.32 Å². The molecule has 0 aliphatic carbocycles. The van der Waals surface area contributed by atoms with Crippen molar-refractivity contribution in [2.45, 2.75) is 76.7 Å². The maximum Gasteiger partial charge on any atom is 0.408 e. The Hall–Kier alpha value is -0.930. The maximum absolute atomic E-state index is 12.0. The molecule has 2 N–H and O–H groups in total. The van der Waals surface area contributed by atoms with Crippen molar-refractivity contribution in [1.82, 2.24) is 5.32 Å². The molecule has 2 saturated heterocycles. The number of amides is 1. The Bertz CT molecular complexity index is 434. The Morgan fingerprint density at radius 1 is 1.35 bits per heavy atom. The van der Waals surface area contributed by atoms with Gasteiger partial charge in [0.1, 0.15) is 30.0 Å². The van der Waals surface area contributed by atoms with Gasteiger partial charge in [0.2, 0.25) is 0 Å². The second-order valence-corrected chi connectivity index (χ2v) is 7.23. The first-order chi connectivity index (χ1) is 10.5. The van der Waals surface area contributed by atoms with E-state index in [2.05, 4.69) is 5.32 Å². The van der Waals surface area contributed by atoms with Gasteiger partial charge in [-0.15, -0.1) is 0 Å². The van der Waals surface area contributed by atoms with E-state index < -0.39 is 48.1 Å². The fourth-order valence-electron chi connectivity index (χ4n) is 2.64. The molecule has 0 spiro atoms. The summed E-state index contributed by atoms with van der Waals surface area (Å²) in [5.41, 5.74) is -0.646. The molecule has 0 aromatic carbocycles. The molecule has 134 valence electrons. The van der Waals surface area contributed by atoms with Gasteiger partial charge >= 0.3 is 6.09 Å². The first kappa shape index (κ1) is 18.4. The number of methoxy groups -OCH3 is 1. The fourth-order valence-corrected chi connectivity index (χ4v) is 2.64. The van der Waals surface area contributed by atoms with Gasteiger partial charge in [-0.2, -0.15) is 0 Å². The van der Waals surface area contributed by atoms with Gasteiger partial charge in [-0.25, -0.2) is 4.79 Å². The normalized spacial score (nSPS) is 36.9. The predicted molar refractivity (Wildman–Crippen MR) is 79.7 cm³/mol. The zero-order valence-electron chi connectivity index (χ0n) is 14.5. The molecule has 1 amide bonds. The molecule has 23 heavy (non-hydrogen) atoms. The lowest BCUT2D eigenvalue weighted by molar-refractivity contribution is -0.366. The molecule has 0 aromatic rings. The number of alkyl carbamates (subject to hydrolysis) is 1. The highest BCUT2D eigenvalue weighted by Gasteiger charge is 2.51. The minimum absolute atomic E-state index is 0.272. The largest absolute Gasteiger partial charge is 0.444 e. The number of rotatable bonds is 2. The molecule has 0 unspecified atom stereocenters. The fraction of sp³-hybridized carbons (Fsp3) is 0.933. The molecule has 8 nitrogen and oxygen atoms in total. The highest BCUT2D eigenvalue weighted by atomic mass is 16.8. The quantitative estimate of drug-likeness (QED) is 0.770. The Labute approximate surface area is 136 Å². The van der Waals surface area contributed by atoms with Crippen molar-refractivity contribution in [3.8, 4) is 0 Å². The van der Waals surface area contributed by atoms with Crippen molar-refractivity contribution in [2.75, 3.05) is 13.7 Å². The van der Waals surface area contributed by atoms with Crippen LogP contribution in [-0.2, 0) is 23.7 Å². The molecule has 2 fully saturated rings. The molecular weight excluding hydrogens is 306 g/mol. The molecule has 0 saturated carbocycles. The summed E-state index contributed by atoms with van der Waals surface area (Å²) in [7, 11) is 1.44. The van der Waals surface area contributed by atoms with Crippen LogP contribution in [-0.4, -0.2) is 66.9 Å². The van der Waals surface area contributed by atoms with Crippen molar-refractivity contribution in [3.05, 3.63) is 0 Å². The lowest BCUT2D eigenvalue weighted by Crippen LogP contribution is -2.68. The summed E-state index contributed by atoms with van der Waals surface area (Å²) in [4.78, 5) is 12.0. The van der Waals surface area contributed by atoms with E-state index in [9.17, 15) is 9.90 Å². The minimum Gasteiger partial charge on any atom is -0.444 e. The number of fused-ring (bicyclic) bond motifs is 1. The number of aliphatic hydroxyl groups is 1. The van der Waals surface area contributed by atoms with E-state index in [1.165, 1.54) is 7.11 Å². The van der Waals surface area contributed by atoms with Crippen molar-refractivity contribution >= 4 is 6.09 Å². The van der Waals surface area contributed by atoms with Gasteiger partial charge in [0.25, 0.3) is 0 Å². The van der Waals surface area contributed by atoms with Gasteiger partial charge in [-0.1, -0.05) is 0 Å². The standard InChI is InChI=1S/C15H27NO7/c1-14(2,3)23-13(18)16-9-10(17)11-8(21-12(9)19-6)7-20-15(4,5)22-11/h8-12,17H,7H2,1-6H3,(H,16,18)/t8-,9-,10+,11-,12-/m1/s1. The molecule has 2 aliphatic heterocycles. The number of carbonyl (C=O) groups excluding carboxylic acids is 1. The van der Waals surface area contributed by atoms with Crippen molar-refractivity contribution in [2.24, 2.45) is 0 Å². The number of hydrogen-bond donors (Lipinski definition) is 2. The van der Waals surface area contributed by atoms with E-state index in [4.69, 9.17) is 23.7 Å². The minimum atomic E-state index is -1.02. The van der Waals surface area contributed by atoms with Crippen LogP contribution in [0.1, 0.15) is 34.6 Å². The average Bonchev–Trinajstić information content (AvgIpc) is 2.39. The average molecular weight is 333 g/mol. The third kappa shape index (κ3) is 4.54. The van der Waals surface area contributed by atoms with Gasteiger partial charge in [0, 0.05) is 7.11 Å². The number of aliphatic hydroxyl groups excluding tert-OH is 1. The van der Waals surface area contributed by atoms with E-state index in [-0.39, 0.29) is 6.61 Å².